The second kappa shape index (κ2) is 10.8. The first-order chi connectivity index (χ1) is 15.3. The zero-order valence-electron chi connectivity index (χ0n) is 18.3. The number of anilines is 1. The number of rotatable bonds is 7. The summed E-state index contributed by atoms with van der Waals surface area (Å²) < 4.78 is 12.1. The third-order valence-corrected chi connectivity index (χ3v) is 6.19. The van der Waals surface area contributed by atoms with Crippen LogP contribution in [-0.4, -0.2) is 25.8 Å². The first-order valence-corrected chi connectivity index (χ1v) is 11.4. The third kappa shape index (κ3) is 6.01. The average Bonchev–Trinajstić information content (AvgIpc) is 2.76. The number of halogens is 2. The molecule has 0 atom stereocenters. The summed E-state index contributed by atoms with van der Waals surface area (Å²) in [5.41, 5.74) is 5.70. The molecule has 5 nitrogen and oxygen atoms in total. The number of hydrogen-bond donors (Lipinski definition) is 1. The van der Waals surface area contributed by atoms with E-state index in [9.17, 15) is 4.79 Å². The SMILES string of the molecule is COc1cc(C=Nc2cccc(C)c2C)cc(I)c1OCC(=O)Nc1ccc(C)c(Cl)c1. The Bertz CT molecular complexity index is 1180. The molecule has 0 saturated carbocycles. The van der Waals surface area contributed by atoms with Crippen LogP contribution in [0.3, 0.4) is 0 Å². The summed E-state index contributed by atoms with van der Waals surface area (Å²) >= 11 is 8.28. The second-order valence-corrected chi connectivity index (χ2v) is 8.88. The number of ether oxygens (including phenoxy) is 2. The van der Waals surface area contributed by atoms with Crippen LogP contribution in [0, 0.1) is 24.3 Å². The summed E-state index contributed by atoms with van der Waals surface area (Å²) in [6.07, 6.45) is 1.80. The predicted octanol–water partition coefficient (Wildman–Crippen LogP) is 6.65. The van der Waals surface area contributed by atoms with E-state index >= 15 is 0 Å². The molecule has 0 aliphatic heterocycles. The monoisotopic (exact) mass is 562 g/mol. The molecule has 0 aliphatic rings. The third-order valence-electron chi connectivity index (χ3n) is 4.98. The molecular formula is C25H24ClIN2O3. The number of methoxy groups -OCH3 is 1. The van der Waals surface area contributed by atoms with Gasteiger partial charge in [-0.05, 0) is 95.9 Å². The summed E-state index contributed by atoms with van der Waals surface area (Å²) in [5, 5.41) is 3.38. The largest absolute Gasteiger partial charge is 0.493 e. The van der Waals surface area contributed by atoms with Crippen molar-refractivity contribution in [2.75, 3.05) is 19.0 Å². The minimum Gasteiger partial charge on any atom is -0.493 e. The van der Waals surface area contributed by atoms with Crippen molar-refractivity contribution < 1.29 is 14.3 Å². The van der Waals surface area contributed by atoms with Crippen molar-refractivity contribution in [1.82, 2.24) is 0 Å². The molecule has 0 saturated heterocycles. The van der Waals surface area contributed by atoms with Crippen LogP contribution in [0.15, 0.2) is 53.5 Å². The maximum Gasteiger partial charge on any atom is 0.262 e. The van der Waals surface area contributed by atoms with Crippen molar-refractivity contribution in [2.24, 2.45) is 4.99 Å². The Kier molecular flexibility index (Phi) is 8.15. The molecule has 0 aliphatic carbocycles. The number of nitrogens with zero attached hydrogens (tertiary/aromatic N) is 1. The van der Waals surface area contributed by atoms with Gasteiger partial charge in [0.15, 0.2) is 18.1 Å². The van der Waals surface area contributed by atoms with Gasteiger partial charge in [-0.1, -0.05) is 29.8 Å². The predicted molar refractivity (Wildman–Crippen MR) is 139 cm³/mol. The molecule has 1 N–H and O–H groups in total. The number of nitrogens with one attached hydrogen (secondary N) is 1. The lowest BCUT2D eigenvalue weighted by Crippen LogP contribution is -2.20. The second-order valence-electron chi connectivity index (χ2n) is 7.31. The molecule has 0 radical (unpaired) electrons. The minimum atomic E-state index is -0.289. The van der Waals surface area contributed by atoms with Crippen LogP contribution < -0.4 is 14.8 Å². The quantitative estimate of drug-likeness (QED) is 0.259. The summed E-state index contributed by atoms with van der Waals surface area (Å²) in [5.74, 6) is 0.753. The molecule has 7 heteroatoms. The molecule has 0 fully saturated rings. The van der Waals surface area contributed by atoms with Gasteiger partial charge in [0, 0.05) is 16.9 Å². The van der Waals surface area contributed by atoms with E-state index in [-0.39, 0.29) is 12.5 Å². The lowest BCUT2D eigenvalue weighted by atomic mass is 10.1. The Hall–Kier alpha value is -2.58. The van der Waals surface area contributed by atoms with E-state index in [4.69, 9.17) is 21.1 Å². The Morgan fingerprint density at radius 2 is 1.91 bits per heavy atom. The van der Waals surface area contributed by atoms with Crippen molar-refractivity contribution >= 4 is 57.7 Å². The van der Waals surface area contributed by atoms with E-state index in [1.807, 2.05) is 37.3 Å². The van der Waals surface area contributed by atoms with Gasteiger partial charge in [0.1, 0.15) is 0 Å². The number of carbonyl (C=O) groups excluding carboxylic acids is 1. The topological polar surface area (TPSA) is 59.9 Å². The molecule has 3 rings (SSSR count). The van der Waals surface area contributed by atoms with E-state index in [1.165, 1.54) is 5.56 Å². The zero-order chi connectivity index (χ0) is 23.3. The first-order valence-electron chi connectivity index (χ1n) is 9.95. The molecule has 166 valence electrons. The van der Waals surface area contributed by atoms with Gasteiger partial charge in [0.2, 0.25) is 0 Å². The van der Waals surface area contributed by atoms with Gasteiger partial charge in [-0.15, -0.1) is 0 Å². The molecule has 0 heterocycles. The number of aryl methyl sites for hydroxylation is 2. The molecule has 0 bridgehead atoms. The standard InChI is InChI=1S/C25H24ClIN2O3/c1-15-6-5-7-22(17(15)3)28-13-18-10-21(27)25(23(11-18)31-4)32-14-24(30)29-19-9-8-16(2)20(26)12-19/h5-13H,14H2,1-4H3,(H,29,30). The van der Waals surface area contributed by atoms with Crippen molar-refractivity contribution in [3.63, 3.8) is 0 Å². The van der Waals surface area contributed by atoms with Gasteiger partial charge < -0.3 is 14.8 Å². The Balaban J connectivity index is 1.72. The summed E-state index contributed by atoms with van der Waals surface area (Å²) in [6, 6.07) is 15.2. The number of amides is 1. The summed E-state index contributed by atoms with van der Waals surface area (Å²) in [7, 11) is 1.57. The first kappa shape index (κ1) is 24.1. The van der Waals surface area contributed by atoms with E-state index in [1.54, 1.807) is 25.5 Å². The van der Waals surface area contributed by atoms with Crippen LogP contribution in [0.1, 0.15) is 22.3 Å². The van der Waals surface area contributed by atoms with E-state index in [2.05, 4.69) is 52.8 Å². The Morgan fingerprint density at radius 3 is 2.62 bits per heavy atom. The fourth-order valence-electron chi connectivity index (χ4n) is 2.98. The van der Waals surface area contributed by atoms with Crippen LogP contribution in [0.25, 0.3) is 0 Å². The fraction of sp³-hybridized carbons (Fsp3) is 0.200. The van der Waals surface area contributed by atoms with E-state index < -0.39 is 0 Å². The van der Waals surface area contributed by atoms with Crippen LogP contribution in [0.4, 0.5) is 11.4 Å². The van der Waals surface area contributed by atoms with Gasteiger partial charge in [-0.3, -0.25) is 9.79 Å². The van der Waals surface area contributed by atoms with Gasteiger partial charge in [-0.2, -0.15) is 0 Å². The zero-order valence-corrected chi connectivity index (χ0v) is 21.2. The van der Waals surface area contributed by atoms with Crippen molar-refractivity contribution in [2.45, 2.75) is 20.8 Å². The average molecular weight is 563 g/mol. The molecule has 0 aromatic heterocycles. The van der Waals surface area contributed by atoms with E-state index in [0.717, 1.165) is 25.9 Å². The highest BCUT2D eigenvalue weighted by atomic mass is 127. The van der Waals surface area contributed by atoms with Crippen molar-refractivity contribution in [3.8, 4) is 11.5 Å². The van der Waals surface area contributed by atoms with Crippen LogP contribution in [0.2, 0.25) is 5.02 Å². The smallest absolute Gasteiger partial charge is 0.262 e. The molecular weight excluding hydrogens is 539 g/mol. The Labute approximate surface area is 206 Å². The normalized spacial score (nSPS) is 10.9. The summed E-state index contributed by atoms with van der Waals surface area (Å²) in [4.78, 5) is 17.0. The van der Waals surface area contributed by atoms with Crippen LogP contribution in [-0.2, 0) is 4.79 Å². The fourth-order valence-corrected chi connectivity index (χ4v) is 3.94. The summed E-state index contributed by atoms with van der Waals surface area (Å²) in [6.45, 7) is 5.87. The minimum absolute atomic E-state index is 0.159. The van der Waals surface area contributed by atoms with Gasteiger partial charge >= 0.3 is 0 Å². The molecule has 32 heavy (non-hydrogen) atoms. The molecule has 0 unspecified atom stereocenters. The van der Waals surface area contributed by atoms with Gasteiger partial charge in [0.25, 0.3) is 5.91 Å². The molecule has 1 amide bonds. The highest BCUT2D eigenvalue weighted by molar-refractivity contribution is 14.1. The number of carbonyl (C=O) groups is 1. The van der Waals surface area contributed by atoms with Gasteiger partial charge in [0.05, 0.1) is 16.4 Å². The molecule has 0 spiro atoms. The Morgan fingerprint density at radius 1 is 1.12 bits per heavy atom. The van der Waals surface area contributed by atoms with Crippen molar-refractivity contribution in [1.29, 1.82) is 0 Å². The van der Waals surface area contributed by atoms with E-state index in [0.29, 0.717) is 22.2 Å². The lowest BCUT2D eigenvalue weighted by molar-refractivity contribution is -0.118. The maximum atomic E-state index is 12.3. The number of hydrogen-bond acceptors (Lipinski definition) is 4. The molecule has 3 aromatic rings. The van der Waals surface area contributed by atoms with Gasteiger partial charge in [-0.25, -0.2) is 0 Å². The van der Waals surface area contributed by atoms with Crippen molar-refractivity contribution in [3.05, 3.63) is 79.4 Å². The highest BCUT2D eigenvalue weighted by Gasteiger charge is 2.14. The molecule has 3 aromatic carbocycles. The highest BCUT2D eigenvalue weighted by Crippen LogP contribution is 2.34. The number of aliphatic imine (C=N–C) groups is 1. The number of benzene rings is 3. The maximum absolute atomic E-state index is 12.3. The lowest BCUT2D eigenvalue weighted by Gasteiger charge is -2.14. The van der Waals surface area contributed by atoms with Crippen LogP contribution in [0.5, 0.6) is 11.5 Å². The van der Waals surface area contributed by atoms with Crippen LogP contribution >= 0.6 is 34.2 Å².